The number of aryl methyl sites for hydroxylation is 1. The zero-order valence-electron chi connectivity index (χ0n) is 25.2. The number of carbonyl (C=O) groups excluding carboxylic acids is 1. The van der Waals surface area contributed by atoms with E-state index in [1.54, 1.807) is 0 Å². The van der Waals surface area contributed by atoms with E-state index >= 15 is 0 Å². The lowest BCUT2D eigenvalue weighted by molar-refractivity contribution is -0.160. The number of nitrogens with one attached hydrogen (secondary N) is 1. The van der Waals surface area contributed by atoms with Crippen LogP contribution >= 0.6 is 0 Å². The van der Waals surface area contributed by atoms with E-state index in [0.29, 0.717) is 37.5 Å². The molecule has 0 fully saturated rings. The summed E-state index contributed by atoms with van der Waals surface area (Å²) in [5.41, 5.74) is 5.87. The maximum Gasteiger partial charge on any atom is 0.337 e. The fourth-order valence-electron chi connectivity index (χ4n) is 5.77. The van der Waals surface area contributed by atoms with Gasteiger partial charge in [-0.05, 0) is 69.5 Å². The number of aliphatic carboxylic acids is 1. The molecule has 8 nitrogen and oxygen atoms in total. The average Bonchev–Trinajstić information content (AvgIpc) is 3.32. The minimum Gasteiger partial charge on any atom is -0.492 e. The standard InChI is InChI=1S/C34H39N3O5/c1-21-12-14-23(15-13-21)28-25-20-26(32(38)35-16-19-41-24-10-8-7-9-11-24)37-18-17-36(6)29(30(25)37)22(2)27(28)31(33(39)40)42-34(3,4)5/h7-15,20,31H,16-19H2,1-6H3,(H,35,38)(H,39,40)/t31-/m0/s1. The molecule has 0 saturated carbocycles. The number of carboxylic acids is 1. The summed E-state index contributed by atoms with van der Waals surface area (Å²) in [6.07, 6.45) is -1.20. The molecule has 1 aromatic heterocycles. The molecule has 0 bridgehead atoms. The number of rotatable bonds is 9. The van der Waals surface area contributed by atoms with Gasteiger partial charge in [0.2, 0.25) is 0 Å². The smallest absolute Gasteiger partial charge is 0.337 e. The molecule has 220 valence electrons. The summed E-state index contributed by atoms with van der Waals surface area (Å²) in [5.74, 6) is -0.505. The normalized spacial score (nSPS) is 13.7. The van der Waals surface area contributed by atoms with Crippen LogP contribution in [0.4, 0.5) is 5.69 Å². The average molecular weight is 570 g/mol. The van der Waals surface area contributed by atoms with Crippen molar-refractivity contribution in [3.63, 3.8) is 0 Å². The molecule has 0 radical (unpaired) electrons. The molecule has 1 aliphatic heterocycles. The summed E-state index contributed by atoms with van der Waals surface area (Å²) < 4.78 is 14.0. The van der Waals surface area contributed by atoms with Gasteiger partial charge in [0.15, 0.2) is 6.10 Å². The fraction of sp³-hybridized carbons (Fsp3) is 0.353. The first-order chi connectivity index (χ1) is 20.0. The van der Waals surface area contributed by atoms with Crippen LogP contribution in [-0.2, 0) is 16.1 Å². The number of benzene rings is 3. The van der Waals surface area contributed by atoms with Crippen molar-refractivity contribution >= 4 is 28.5 Å². The van der Waals surface area contributed by atoms with Gasteiger partial charge in [-0.15, -0.1) is 0 Å². The third-order valence-corrected chi connectivity index (χ3v) is 7.59. The van der Waals surface area contributed by atoms with Gasteiger partial charge in [0.05, 0.1) is 23.3 Å². The highest BCUT2D eigenvalue weighted by atomic mass is 16.5. The summed E-state index contributed by atoms with van der Waals surface area (Å²) in [4.78, 5) is 28.5. The van der Waals surface area contributed by atoms with Crippen LogP contribution in [-0.4, -0.2) is 53.9 Å². The number of hydrogen-bond acceptors (Lipinski definition) is 5. The Balaban J connectivity index is 1.65. The van der Waals surface area contributed by atoms with E-state index in [1.165, 1.54) is 0 Å². The zero-order chi connectivity index (χ0) is 30.2. The largest absolute Gasteiger partial charge is 0.492 e. The summed E-state index contributed by atoms with van der Waals surface area (Å²) in [6, 6.07) is 19.5. The molecule has 1 amide bonds. The Labute approximate surface area is 246 Å². The van der Waals surface area contributed by atoms with Crippen molar-refractivity contribution in [1.82, 2.24) is 9.88 Å². The number of aromatic nitrogens is 1. The van der Waals surface area contributed by atoms with Gasteiger partial charge in [0, 0.05) is 31.1 Å². The number of hydrogen-bond donors (Lipinski definition) is 2. The molecule has 0 aliphatic carbocycles. The Hall–Kier alpha value is -4.30. The van der Waals surface area contributed by atoms with Crippen LogP contribution in [0.3, 0.4) is 0 Å². The predicted octanol–water partition coefficient (Wildman–Crippen LogP) is 6.12. The predicted molar refractivity (Wildman–Crippen MR) is 166 cm³/mol. The van der Waals surface area contributed by atoms with Gasteiger partial charge < -0.3 is 29.4 Å². The molecule has 0 saturated heterocycles. The van der Waals surface area contributed by atoms with Gasteiger partial charge in [0.25, 0.3) is 5.91 Å². The Morgan fingerprint density at radius 1 is 1.02 bits per heavy atom. The summed E-state index contributed by atoms with van der Waals surface area (Å²) >= 11 is 0. The monoisotopic (exact) mass is 569 g/mol. The van der Waals surface area contributed by atoms with E-state index in [2.05, 4.69) is 14.8 Å². The van der Waals surface area contributed by atoms with Crippen molar-refractivity contribution in [1.29, 1.82) is 0 Å². The number of para-hydroxylation sites is 1. The van der Waals surface area contributed by atoms with Crippen LogP contribution in [0.25, 0.3) is 22.0 Å². The molecule has 0 unspecified atom stereocenters. The molecular formula is C34H39N3O5. The molecule has 3 aromatic carbocycles. The second-order valence-corrected chi connectivity index (χ2v) is 11.9. The van der Waals surface area contributed by atoms with E-state index in [1.807, 2.05) is 102 Å². The van der Waals surface area contributed by atoms with Crippen molar-refractivity contribution < 1.29 is 24.2 Å². The Morgan fingerprint density at radius 3 is 2.36 bits per heavy atom. The molecule has 4 aromatic rings. The van der Waals surface area contributed by atoms with Crippen molar-refractivity contribution in [2.45, 2.75) is 52.9 Å². The number of carboxylic acid groups (broad SMARTS) is 1. The maximum absolute atomic E-state index is 13.6. The SMILES string of the molecule is Cc1ccc(-c2c([C@H](OC(C)(C)C)C(=O)O)c(C)c3c4c2cc(C(=O)NCCOc2ccccc2)n4CCN3C)cc1. The van der Waals surface area contributed by atoms with Crippen LogP contribution < -0.4 is 15.0 Å². The van der Waals surface area contributed by atoms with E-state index in [0.717, 1.165) is 44.6 Å². The molecule has 5 rings (SSSR count). The topological polar surface area (TPSA) is 93.0 Å². The van der Waals surface area contributed by atoms with E-state index in [9.17, 15) is 14.7 Å². The van der Waals surface area contributed by atoms with Crippen LogP contribution in [0, 0.1) is 13.8 Å². The molecule has 0 spiro atoms. The number of amides is 1. The van der Waals surface area contributed by atoms with Crippen molar-refractivity contribution in [2.24, 2.45) is 0 Å². The van der Waals surface area contributed by atoms with Crippen LogP contribution in [0.1, 0.15) is 54.1 Å². The highest BCUT2D eigenvalue weighted by Crippen LogP contribution is 2.47. The summed E-state index contributed by atoms with van der Waals surface area (Å²) in [5, 5.41) is 14.3. The van der Waals surface area contributed by atoms with Crippen molar-refractivity contribution in [3.8, 4) is 16.9 Å². The molecule has 1 aliphatic rings. The molecule has 1 atom stereocenters. The molecule has 2 N–H and O–H groups in total. The van der Waals surface area contributed by atoms with Gasteiger partial charge in [-0.3, -0.25) is 4.79 Å². The number of likely N-dealkylation sites (N-methyl/N-ethyl adjacent to an activating group) is 1. The Morgan fingerprint density at radius 2 is 1.71 bits per heavy atom. The lowest BCUT2D eigenvalue weighted by Crippen LogP contribution is -2.34. The van der Waals surface area contributed by atoms with Crippen molar-refractivity contribution in [2.75, 3.05) is 31.6 Å². The minimum atomic E-state index is -1.20. The van der Waals surface area contributed by atoms with E-state index in [4.69, 9.17) is 9.47 Å². The molecule has 8 heteroatoms. The second kappa shape index (κ2) is 11.5. The van der Waals surface area contributed by atoms with Gasteiger partial charge in [-0.25, -0.2) is 4.79 Å². The van der Waals surface area contributed by atoms with E-state index < -0.39 is 17.7 Å². The quantitative estimate of drug-likeness (QED) is 0.236. The van der Waals surface area contributed by atoms with Gasteiger partial charge >= 0.3 is 5.97 Å². The lowest BCUT2D eigenvalue weighted by Gasteiger charge is -2.34. The Kier molecular flexibility index (Phi) is 8.01. The first-order valence-corrected chi connectivity index (χ1v) is 14.3. The third-order valence-electron chi connectivity index (χ3n) is 7.59. The number of anilines is 1. The van der Waals surface area contributed by atoms with Gasteiger partial charge in [-0.2, -0.15) is 0 Å². The Bertz CT molecular complexity index is 1620. The third kappa shape index (κ3) is 5.72. The highest BCUT2D eigenvalue weighted by Gasteiger charge is 2.36. The maximum atomic E-state index is 13.6. The number of nitrogens with zero attached hydrogens (tertiary/aromatic N) is 2. The second-order valence-electron chi connectivity index (χ2n) is 11.9. The van der Waals surface area contributed by atoms with Gasteiger partial charge in [-0.1, -0.05) is 48.0 Å². The highest BCUT2D eigenvalue weighted by molar-refractivity contribution is 6.11. The minimum absolute atomic E-state index is 0.201. The molecule has 2 heterocycles. The van der Waals surface area contributed by atoms with Crippen LogP contribution in [0.2, 0.25) is 0 Å². The van der Waals surface area contributed by atoms with Crippen molar-refractivity contribution in [3.05, 3.63) is 83.0 Å². The summed E-state index contributed by atoms with van der Waals surface area (Å²) in [7, 11) is 2.01. The molecular weight excluding hydrogens is 530 g/mol. The first kappa shape index (κ1) is 29.2. The summed E-state index contributed by atoms with van der Waals surface area (Å²) in [6.45, 7) is 11.6. The zero-order valence-corrected chi connectivity index (χ0v) is 25.2. The number of carbonyl (C=O) groups is 2. The number of ether oxygens (including phenoxy) is 2. The van der Waals surface area contributed by atoms with Crippen LogP contribution in [0.5, 0.6) is 5.75 Å². The fourth-order valence-corrected chi connectivity index (χ4v) is 5.77. The molecule has 42 heavy (non-hydrogen) atoms. The van der Waals surface area contributed by atoms with Gasteiger partial charge in [0.1, 0.15) is 18.1 Å². The first-order valence-electron chi connectivity index (χ1n) is 14.3. The van der Waals surface area contributed by atoms with Crippen LogP contribution in [0.15, 0.2) is 60.7 Å². The lowest BCUT2D eigenvalue weighted by atomic mass is 9.87. The van der Waals surface area contributed by atoms with E-state index in [-0.39, 0.29) is 5.91 Å².